The van der Waals surface area contributed by atoms with Gasteiger partial charge in [-0.1, -0.05) is 22.0 Å². The molecule has 0 aliphatic rings. The van der Waals surface area contributed by atoms with E-state index in [1.165, 1.54) is 21.2 Å². The third-order valence-corrected chi connectivity index (χ3v) is 3.78. The maximum Gasteiger partial charge on any atom is 0.0868 e. The van der Waals surface area contributed by atoms with Crippen molar-refractivity contribution in [2.24, 2.45) is 0 Å². The summed E-state index contributed by atoms with van der Waals surface area (Å²) in [6.07, 6.45) is 0. The lowest BCUT2D eigenvalue weighted by atomic mass is 10.1. The second-order valence-corrected chi connectivity index (χ2v) is 4.72. The first-order valence-corrected chi connectivity index (χ1v) is 5.99. The Morgan fingerprint density at radius 1 is 1.46 bits per heavy atom. The molecule has 0 fully saturated rings. The average Bonchev–Trinajstić information content (AvgIpc) is 2.47. The summed E-state index contributed by atoms with van der Waals surface area (Å²) in [6, 6.07) is 6.35. The van der Waals surface area contributed by atoms with Crippen LogP contribution in [0.15, 0.2) is 18.2 Å². The lowest BCUT2D eigenvalue weighted by Crippen LogP contribution is -1.83. The Kier molecular flexibility index (Phi) is 2.30. The van der Waals surface area contributed by atoms with E-state index < -0.39 is 0 Å². The topological polar surface area (TPSA) is 26.0 Å². The summed E-state index contributed by atoms with van der Waals surface area (Å²) in [6.45, 7) is 2.14. The van der Waals surface area contributed by atoms with Crippen LogP contribution in [0.2, 0.25) is 0 Å². The molecule has 1 aromatic carbocycles. The highest BCUT2D eigenvalue weighted by Gasteiger charge is 2.04. The van der Waals surface area contributed by atoms with Crippen LogP contribution in [-0.4, -0.2) is 0 Å². The number of fused-ring (bicyclic) bond motifs is 1. The number of halogens is 1. The minimum atomic E-state index is 0.893. The van der Waals surface area contributed by atoms with Crippen molar-refractivity contribution in [3.05, 3.63) is 29.3 Å². The number of nitrogens with two attached hydrogens (primary N) is 1. The first kappa shape index (κ1) is 9.03. The van der Waals surface area contributed by atoms with Crippen molar-refractivity contribution < 1.29 is 0 Å². The Bertz CT molecular complexity index is 447. The fraction of sp³-hybridized carbons (Fsp3) is 0.200. The Hall–Kier alpha value is -0.540. The molecule has 68 valence electrons. The summed E-state index contributed by atoms with van der Waals surface area (Å²) < 4.78 is 1.28. The van der Waals surface area contributed by atoms with Gasteiger partial charge >= 0.3 is 0 Å². The summed E-state index contributed by atoms with van der Waals surface area (Å²) in [5.74, 6) is 0. The Morgan fingerprint density at radius 3 is 2.92 bits per heavy atom. The lowest BCUT2D eigenvalue weighted by molar-refractivity contribution is 1.36. The zero-order chi connectivity index (χ0) is 9.42. The minimum absolute atomic E-state index is 0.893. The van der Waals surface area contributed by atoms with E-state index in [-0.39, 0.29) is 0 Å². The highest BCUT2D eigenvalue weighted by Crippen LogP contribution is 2.31. The SMILES string of the molecule is Cc1c(CBr)ccc2sc(N)cc12. The fourth-order valence-corrected chi connectivity index (χ4v) is 2.96. The third kappa shape index (κ3) is 1.46. The minimum Gasteiger partial charge on any atom is -0.391 e. The van der Waals surface area contributed by atoms with Gasteiger partial charge in [-0.05, 0) is 35.6 Å². The van der Waals surface area contributed by atoms with Gasteiger partial charge < -0.3 is 5.73 Å². The van der Waals surface area contributed by atoms with E-state index in [0.29, 0.717) is 0 Å². The average molecular weight is 256 g/mol. The summed E-state index contributed by atoms with van der Waals surface area (Å²) in [4.78, 5) is 0. The first-order valence-electron chi connectivity index (χ1n) is 4.06. The number of alkyl halides is 1. The normalized spacial score (nSPS) is 10.9. The molecule has 1 aromatic heterocycles. The van der Waals surface area contributed by atoms with Crippen LogP contribution in [0.1, 0.15) is 11.1 Å². The molecular formula is C10H10BrNS. The van der Waals surface area contributed by atoms with Crippen molar-refractivity contribution in [1.82, 2.24) is 0 Å². The highest BCUT2D eigenvalue weighted by molar-refractivity contribution is 9.08. The van der Waals surface area contributed by atoms with Gasteiger partial charge in [0.2, 0.25) is 0 Å². The van der Waals surface area contributed by atoms with Gasteiger partial charge in [0, 0.05) is 10.0 Å². The molecule has 0 radical (unpaired) electrons. The van der Waals surface area contributed by atoms with Crippen LogP contribution in [0.25, 0.3) is 10.1 Å². The molecule has 0 aliphatic carbocycles. The highest BCUT2D eigenvalue weighted by atomic mass is 79.9. The smallest absolute Gasteiger partial charge is 0.0868 e. The second-order valence-electron chi connectivity index (χ2n) is 3.04. The molecule has 0 bridgehead atoms. The van der Waals surface area contributed by atoms with Gasteiger partial charge in [0.15, 0.2) is 0 Å². The molecule has 2 aromatic rings. The van der Waals surface area contributed by atoms with Crippen molar-refractivity contribution in [3.63, 3.8) is 0 Å². The van der Waals surface area contributed by atoms with Crippen LogP contribution < -0.4 is 5.73 Å². The molecule has 0 unspecified atom stereocenters. The third-order valence-electron chi connectivity index (χ3n) is 2.25. The van der Waals surface area contributed by atoms with Gasteiger partial charge in [0.05, 0.1) is 5.00 Å². The standard InChI is InChI=1S/C10H10BrNS/c1-6-7(5-11)2-3-9-8(6)4-10(12)13-9/h2-4H,5,12H2,1H3. The molecule has 0 atom stereocenters. The van der Waals surface area contributed by atoms with Crippen molar-refractivity contribution in [2.75, 3.05) is 5.73 Å². The van der Waals surface area contributed by atoms with Crippen molar-refractivity contribution >= 4 is 42.4 Å². The molecule has 3 heteroatoms. The summed E-state index contributed by atoms with van der Waals surface area (Å²) >= 11 is 5.12. The van der Waals surface area contributed by atoms with E-state index >= 15 is 0 Å². The molecule has 0 amide bonds. The van der Waals surface area contributed by atoms with Crippen molar-refractivity contribution in [2.45, 2.75) is 12.3 Å². The fourth-order valence-electron chi connectivity index (χ4n) is 1.46. The number of hydrogen-bond acceptors (Lipinski definition) is 2. The molecule has 0 saturated heterocycles. The van der Waals surface area contributed by atoms with Gasteiger partial charge in [-0.3, -0.25) is 0 Å². The van der Waals surface area contributed by atoms with Crippen molar-refractivity contribution in [1.29, 1.82) is 0 Å². The van der Waals surface area contributed by atoms with Gasteiger partial charge in [0.1, 0.15) is 0 Å². The summed E-state index contributed by atoms with van der Waals surface area (Å²) in [5.41, 5.74) is 8.43. The van der Waals surface area contributed by atoms with E-state index in [1.807, 2.05) is 0 Å². The summed E-state index contributed by atoms with van der Waals surface area (Å²) in [7, 11) is 0. The molecule has 0 aliphatic heterocycles. The van der Waals surface area contributed by atoms with E-state index in [9.17, 15) is 0 Å². The van der Waals surface area contributed by atoms with Gasteiger partial charge in [-0.2, -0.15) is 0 Å². The van der Waals surface area contributed by atoms with Gasteiger partial charge in [0.25, 0.3) is 0 Å². The van der Waals surface area contributed by atoms with Crippen LogP contribution in [0.5, 0.6) is 0 Å². The molecule has 2 rings (SSSR count). The van der Waals surface area contributed by atoms with Crippen LogP contribution in [0, 0.1) is 6.92 Å². The van der Waals surface area contributed by atoms with Crippen molar-refractivity contribution in [3.8, 4) is 0 Å². The quantitative estimate of drug-likeness (QED) is 0.774. The number of nitrogen functional groups attached to an aromatic ring is 1. The number of benzene rings is 1. The van der Waals surface area contributed by atoms with Crippen LogP contribution in [-0.2, 0) is 5.33 Å². The Balaban J connectivity index is 2.78. The Morgan fingerprint density at radius 2 is 2.23 bits per heavy atom. The number of aryl methyl sites for hydroxylation is 1. The van der Waals surface area contributed by atoms with Crippen LogP contribution >= 0.6 is 27.3 Å². The van der Waals surface area contributed by atoms with E-state index in [4.69, 9.17) is 5.73 Å². The largest absolute Gasteiger partial charge is 0.391 e. The predicted octanol–water partition coefficient (Wildman–Crippen LogP) is 3.69. The summed E-state index contributed by atoms with van der Waals surface area (Å²) in [5, 5.41) is 3.09. The second kappa shape index (κ2) is 3.31. The Labute approximate surface area is 89.7 Å². The van der Waals surface area contributed by atoms with Gasteiger partial charge in [-0.25, -0.2) is 0 Å². The number of thiophene rings is 1. The van der Waals surface area contributed by atoms with E-state index in [0.717, 1.165) is 10.3 Å². The molecule has 2 N–H and O–H groups in total. The molecule has 1 heterocycles. The van der Waals surface area contributed by atoms with E-state index in [2.05, 4.69) is 41.1 Å². The van der Waals surface area contributed by atoms with Gasteiger partial charge in [-0.15, -0.1) is 11.3 Å². The maximum absolute atomic E-state index is 5.76. The lowest BCUT2D eigenvalue weighted by Gasteiger charge is -2.02. The number of anilines is 1. The molecule has 0 saturated carbocycles. The number of hydrogen-bond donors (Lipinski definition) is 1. The molecule has 0 spiro atoms. The molecule has 1 nitrogen and oxygen atoms in total. The monoisotopic (exact) mass is 255 g/mol. The van der Waals surface area contributed by atoms with Crippen LogP contribution in [0.3, 0.4) is 0 Å². The maximum atomic E-state index is 5.76. The van der Waals surface area contributed by atoms with Crippen LogP contribution in [0.4, 0.5) is 5.00 Å². The molecular weight excluding hydrogens is 246 g/mol. The molecule has 13 heavy (non-hydrogen) atoms. The zero-order valence-corrected chi connectivity index (χ0v) is 9.71. The number of rotatable bonds is 1. The predicted molar refractivity (Wildman–Crippen MR) is 63.6 cm³/mol. The zero-order valence-electron chi connectivity index (χ0n) is 7.30. The first-order chi connectivity index (χ1) is 6.22. The van der Waals surface area contributed by atoms with E-state index in [1.54, 1.807) is 11.3 Å².